The number of hydrogen-bond acceptors (Lipinski definition) is 4. The van der Waals surface area contributed by atoms with Gasteiger partial charge in [-0.25, -0.2) is 9.97 Å². The first-order valence-electron chi connectivity index (χ1n) is 5.05. The van der Waals surface area contributed by atoms with E-state index in [0.29, 0.717) is 6.04 Å². The van der Waals surface area contributed by atoms with Crippen LogP contribution in [0.3, 0.4) is 0 Å². The summed E-state index contributed by atoms with van der Waals surface area (Å²) in [6, 6.07) is 0.408. The molecule has 4 nitrogen and oxygen atoms in total. The zero-order valence-electron chi connectivity index (χ0n) is 9.58. The van der Waals surface area contributed by atoms with Gasteiger partial charge in [-0.15, -0.1) is 0 Å². The van der Waals surface area contributed by atoms with Gasteiger partial charge in [-0.05, 0) is 36.7 Å². The Labute approximate surface area is 99.2 Å². The highest BCUT2D eigenvalue weighted by atomic mass is 79.9. The summed E-state index contributed by atoms with van der Waals surface area (Å²) in [6.45, 7) is 7.14. The number of nitrogens with one attached hydrogen (secondary N) is 1. The van der Waals surface area contributed by atoms with Crippen molar-refractivity contribution in [2.24, 2.45) is 0 Å². The van der Waals surface area contributed by atoms with Crippen LogP contribution in [0.15, 0.2) is 10.8 Å². The van der Waals surface area contributed by atoms with Crippen LogP contribution in [0.4, 0.5) is 11.6 Å². The van der Waals surface area contributed by atoms with Crippen molar-refractivity contribution in [2.75, 3.05) is 23.8 Å². The molecular weight excluding hydrogens is 256 g/mol. The number of rotatable bonds is 4. The second-order valence-electron chi connectivity index (χ2n) is 3.59. The molecular formula is C10H17BrN4. The molecule has 1 rings (SSSR count). The largest absolute Gasteiger partial charge is 0.369 e. The van der Waals surface area contributed by atoms with E-state index in [9.17, 15) is 0 Å². The van der Waals surface area contributed by atoms with Gasteiger partial charge in [0.25, 0.3) is 0 Å². The minimum atomic E-state index is 0.408. The van der Waals surface area contributed by atoms with E-state index in [2.05, 4.69) is 50.0 Å². The van der Waals surface area contributed by atoms with Crippen LogP contribution >= 0.6 is 15.9 Å². The van der Waals surface area contributed by atoms with Crippen LogP contribution in [0.1, 0.15) is 20.8 Å². The van der Waals surface area contributed by atoms with Gasteiger partial charge in [-0.3, -0.25) is 0 Å². The Kier molecular flexibility index (Phi) is 4.32. The molecule has 0 saturated heterocycles. The normalized spacial score (nSPS) is 10.5. The summed E-state index contributed by atoms with van der Waals surface area (Å²) >= 11 is 3.52. The summed E-state index contributed by atoms with van der Waals surface area (Å²) in [5.74, 6) is 1.76. The fraction of sp³-hybridized carbons (Fsp3) is 0.600. The lowest BCUT2D eigenvalue weighted by atomic mass is 10.3. The Morgan fingerprint density at radius 1 is 1.47 bits per heavy atom. The molecule has 0 aliphatic rings. The summed E-state index contributed by atoms with van der Waals surface area (Å²) in [5, 5.41) is 3.19. The van der Waals surface area contributed by atoms with Gasteiger partial charge in [0, 0.05) is 19.6 Å². The van der Waals surface area contributed by atoms with E-state index >= 15 is 0 Å². The molecule has 0 unspecified atom stereocenters. The maximum Gasteiger partial charge on any atom is 0.148 e. The van der Waals surface area contributed by atoms with E-state index in [-0.39, 0.29) is 0 Å². The Hall–Kier alpha value is -0.840. The third-order valence-electron chi connectivity index (χ3n) is 2.22. The van der Waals surface area contributed by atoms with Gasteiger partial charge in [-0.2, -0.15) is 0 Å². The minimum absolute atomic E-state index is 0.408. The maximum absolute atomic E-state index is 4.27. The van der Waals surface area contributed by atoms with E-state index < -0.39 is 0 Å². The van der Waals surface area contributed by atoms with Crippen molar-refractivity contribution >= 4 is 27.6 Å². The number of aromatic nitrogens is 2. The molecule has 0 aliphatic carbocycles. The Bertz CT molecular complexity index is 327. The van der Waals surface area contributed by atoms with Crippen molar-refractivity contribution in [1.29, 1.82) is 0 Å². The minimum Gasteiger partial charge on any atom is -0.369 e. The summed E-state index contributed by atoms with van der Waals surface area (Å²) in [6.07, 6.45) is 1.58. The fourth-order valence-corrected chi connectivity index (χ4v) is 1.77. The van der Waals surface area contributed by atoms with Crippen LogP contribution in [-0.2, 0) is 0 Å². The van der Waals surface area contributed by atoms with Gasteiger partial charge in [0.05, 0.1) is 0 Å². The van der Waals surface area contributed by atoms with E-state index in [1.54, 1.807) is 6.33 Å². The second kappa shape index (κ2) is 5.30. The monoisotopic (exact) mass is 272 g/mol. The average Bonchev–Trinajstić information content (AvgIpc) is 2.20. The number of anilines is 2. The van der Waals surface area contributed by atoms with Crippen LogP contribution in [-0.4, -0.2) is 29.6 Å². The second-order valence-corrected chi connectivity index (χ2v) is 4.39. The van der Waals surface area contributed by atoms with Crippen LogP contribution in [0.2, 0.25) is 0 Å². The van der Waals surface area contributed by atoms with Crippen LogP contribution in [0, 0.1) is 0 Å². The molecule has 0 saturated carbocycles. The highest BCUT2D eigenvalue weighted by Gasteiger charge is 2.13. The van der Waals surface area contributed by atoms with E-state index in [0.717, 1.165) is 22.7 Å². The molecule has 1 aromatic heterocycles. The van der Waals surface area contributed by atoms with E-state index in [1.165, 1.54) is 0 Å². The lowest BCUT2D eigenvalue weighted by molar-refractivity contribution is 0.739. The van der Waals surface area contributed by atoms with Crippen molar-refractivity contribution in [2.45, 2.75) is 26.8 Å². The number of hydrogen-bond donors (Lipinski definition) is 1. The zero-order chi connectivity index (χ0) is 11.4. The molecule has 1 aromatic rings. The number of nitrogens with zero attached hydrogens (tertiary/aromatic N) is 3. The topological polar surface area (TPSA) is 41.1 Å². The SMILES string of the molecule is CCNc1ncnc(N(C)C(C)C)c1Br. The molecule has 0 bridgehead atoms. The molecule has 1 heterocycles. The highest BCUT2D eigenvalue weighted by Crippen LogP contribution is 2.29. The standard InChI is InChI=1S/C10H17BrN4/c1-5-12-9-8(11)10(14-6-13-9)15(4)7(2)3/h6-7H,5H2,1-4H3,(H,12,13,14). The van der Waals surface area contributed by atoms with Crippen molar-refractivity contribution in [1.82, 2.24) is 9.97 Å². The van der Waals surface area contributed by atoms with Crippen LogP contribution in [0.5, 0.6) is 0 Å². The molecule has 5 heteroatoms. The summed E-state index contributed by atoms with van der Waals surface area (Å²) in [5.41, 5.74) is 0. The van der Waals surface area contributed by atoms with Crippen molar-refractivity contribution in [3.63, 3.8) is 0 Å². The average molecular weight is 273 g/mol. The van der Waals surface area contributed by atoms with Crippen molar-refractivity contribution in [3.8, 4) is 0 Å². The maximum atomic E-state index is 4.27. The van der Waals surface area contributed by atoms with Gasteiger partial charge in [0.2, 0.25) is 0 Å². The van der Waals surface area contributed by atoms with Crippen molar-refractivity contribution in [3.05, 3.63) is 10.8 Å². The first-order valence-corrected chi connectivity index (χ1v) is 5.84. The van der Waals surface area contributed by atoms with Gasteiger partial charge >= 0.3 is 0 Å². The third-order valence-corrected chi connectivity index (χ3v) is 2.95. The summed E-state index contributed by atoms with van der Waals surface area (Å²) in [7, 11) is 2.02. The van der Waals surface area contributed by atoms with Crippen LogP contribution < -0.4 is 10.2 Å². The first-order chi connectivity index (χ1) is 7.07. The van der Waals surface area contributed by atoms with Gasteiger partial charge in [-0.1, -0.05) is 0 Å². The quantitative estimate of drug-likeness (QED) is 0.915. The Morgan fingerprint density at radius 3 is 2.67 bits per heavy atom. The lowest BCUT2D eigenvalue weighted by Gasteiger charge is -2.24. The summed E-state index contributed by atoms with van der Waals surface area (Å²) in [4.78, 5) is 10.5. The molecule has 0 fully saturated rings. The zero-order valence-corrected chi connectivity index (χ0v) is 11.2. The number of halogens is 1. The van der Waals surface area contributed by atoms with Crippen molar-refractivity contribution < 1.29 is 0 Å². The fourth-order valence-electron chi connectivity index (χ4n) is 1.14. The summed E-state index contributed by atoms with van der Waals surface area (Å²) < 4.78 is 0.919. The molecule has 0 radical (unpaired) electrons. The third kappa shape index (κ3) is 2.81. The highest BCUT2D eigenvalue weighted by molar-refractivity contribution is 9.10. The molecule has 1 N–H and O–H groups in total. The molecule has 0 spiro atoms. The molecule has 0 atom stereocenters. The molecule has 0 aromatic carbocycles. The Morgan fingerprint density at radius 2 is 2.13 bits per heavy atom. The van der Waals surface area contributed by atoms with E-state index in [1.807, 2.05) is 14.0 Å². The molecule has 15 heavy (non-hydrogen) atoms. The lowest BCUT2D eigenvalue weighted by Crippen LogP contribution is -2.27. The van der Waals surface area contributed by atoms with Gasteiger partial charge < -0.3 is 10.2 Å². The van der Waals surface area contributed by atoms with Gasteiger partial charge in [0.1, 0.15) is 22.4 Å². The van der Waals surface area contributed by atoms with Crippen LogP contribution in [0.25, 0.3) is 0 Å². The first kappa shape index (κ1) is 12.2. The molecule has 0 amide bonds. The predicted octanol–water partition coefficient (Wildman–Crippen LogP) is 2.52. The van der Waals surface area contributed by atoms with Gasteiger partial charge in [0.15, 0.2) is 0 Å². The molecule has 0 aliphatic heterocycles. The molecule has 84 valence electrons. The predicted molar refractivity (Wildman–Crippen MR) is 67.4 cm³/mol. The van der Waals surface area contributed by atoms with E-state index in [4.69, 9.17) is 0 Å². The Balaban J connectivity index is 3.03. The smallest absolute Gasteiger partial charge is 0.148 e.